The van der Waals surface area contributed by atoms with Gasteiger partial charge in [0.15, 0.2) is 6.10 Å². The Bertz CT molecular complexity index is 449. The highest BCUT2D eigenvalue weighted by Gasteiger charge is 2.36. The molecule has 0 saturated heterocycles. The minimum Gasteiger partial charge on any atom is -0.399 e. The monoisotopic (exact) mass is 290 g/mol. The van der Waals surface area contributed by atoms with Crippen LogP contribution in [0.5, 0.6) is 0 Å². The summed E-state index contributed by atoms with van der Waals surface area (Å²) in [4.78, 5) is 11.5. The Hall–Kier alpha value is -1.76. The lowest BCUT2D eigenvalue weighted by Gasteiger charge is -2.16. The lowest BCUT2D eigenvalue weighted by atomic mass is 10.2. The maximum Gasteiger partial charge on any atom is 0.414 e. The quantitative estimate of drug-likeness (QED) is 0.625. The number of hydrogen-bond donors (Lipinski definition) is 2. The number of ether oxygens (including phenoxy) is 1. The van der Waals surface area contributed by atoms with Crippen molar-refractivity contribution >= 4 is 17.3 Å². The number of rotatable bonds is 6. The number of halogens is 3. The summed E-state index contributed by atoms with van der Waals surface area (Å²) in [6.45, 7) is 0.817. The van der Waals surface area contributed by atoms with E-state index in [9.17, 15) is 18.0 Å². The smallest absolute Gasteiger partial charge is 0.399 e. The number of alkyl halides is 3. The lowest BCUT2D eigenvalue weighted by molar-refractivity contribution is -0.214. The van der Waals surface area contributed by atoms with Crippen molar-refractivity contribution in [2.24, 2.45) is 0 Å². The number of amides is 1. The molecule has 0 aliphatic rings. The first kappa shape index (κ1) is 16.3. The number of carbonyl (C=O) groups is 1. The molecule has 0 bridgehead atoms. The minimum atomic E-state index is -4.37. The molecule has 0 fully saturated rings. The van der Waals surface area contributed by atoms with Gasteiger partial charge in [-0.05, 0) is 31.5 Å². The highest BCUT2D eigenvalue weighted by molar-refractivity contribution is 5.91. The molecule has 7 heteroatoms. The standard InChI is InChI=1S/C13H17F3N2O2/c1-9(13(14,15)16)20-7-3-6-12(19)18-11-5-2-4-10(17)8-11/h2,4-5,8-9H,3,6-7,17H2,1H3,(H,18,19). The molecule has 1 rings (SSSR count). The first-order valence-corrected chi connectivity index (χ1v) is 6.13. The van der Waals surface area contributed by atoms with Crippen molar-refractivity contribution in [2.45, 2.75) is 32.0 Å². The zero-order chi connectivity index (χ0) is 15.2. The van der Waals surface area contributed by atoms with Gasteiger partial charge in [0.2, 0.25) is 5.91 Å². The molecule has 0 radical (unpaired) electrons. The first-order valence-electron chi connectivity index (χ1n) is 6.13. The van der Waals surface area contributed by atoms with Crippen LogP contribution in [0.25, 0.3) is 0 Å². The molecular formula is C13H17F3N2O2. The number of carbonyl (C=O) groups excluding carboxylic acids is 1. The van der Waals surface area contributed by atoms with Crippen LogP contribution in [0.15, 0.2) is 24.3 Å². The maximum absolute atomic E-state index is 12.1. The molecule has 1 aromatic rings. The number of anilines is 2. The predicted octanol–water partition coefficient (Wildman–Crippen LogP) is 2.95. The third-order valence-electron chi connectivity index (χ3n) is 2.55. The third kappa shape index (κ3) is 5.92. The largest absolute Gasteiger partial charge is 0.414 e. The zero-order valence-electron chi connectivity index (χ0n) is 11.0. The van der Waals surface area contributed by atoms with E-state index in [1.165, 1.54) is 0 Å². The van der Waals surface area contributed by atoms with Gasteiger partial charge in [-0.1, -0.05) is 6.07 Å². The molecule has 0 aliphatic carbocycles. The van der Waals surface area contributed by atoms with Crippen LogP contribution in [0.2, 0.25) is 0 Å². The van der Waals surface area contributed by atoms with E-state index >= 15 is 0 Å². The van der Waals surface area contributed by atoms with E-state index in [4.69, 9.17) is 5.73 Å². The summed E-state index contributed by atoms with van der Waals surface area (Å²) in [5, 5.41) is 2.60. The van der Waals surface area contributed by atoms with Crippen LogP contribution in [0.3, 0.4) is 0 Å². The van der Waals surface area contributed by atoms with E-state index in [0.717, 1.165) is 6.92 Å². The molecule has 4 nitrogen and oxygen atoms in total. The molecule has 1 unspecified atom stereocenters. The number of nitrogens with two attached hydrogens (primary N) is 1. The Morgan fingerprint density at radius 3 is 2.75 bits per heavy atom. The van der Waals surface area contributed by atoms with Gasteiger partial charge in [0.05, 0.1) is 0 Å². The van der Waals surface area contributed by atoms with E-state index in [-0.39, 0.29) is 25.4 Å². The summed E-state index contributed by atoms with van der Waals surface area (Å²) in [6, 6.07) is 6.65. The van der Waals surface area contributed by atoms with Crippen molar-refractivity contribution < 1.29 is 22.7 Å². The maximum atomic E-state index is 12.1. The van der Waals surface area contributed by atoms with Crippen LogP contribution < -0.4 is 11.1 Å². The van der Waals surface area contributed by atoms with Gasteiger partial charge >= 0.3 is 6.18 Å². The molecule has 0 aliphatic heterocycles. The second kappa shape index (κ2) is 7.14. The first-order chi connectivity index (χ1) is 9.29. The van der Waals surface area contributed by atoms with Crippen molar-refractivity contribution in [3.05, 3.63) is 24.3 Å². The number of benzene rings is 1. The van der Waals surface area contributed by atoms with Gasteiger partial charge in [-0.3, -0.25) is 4.79 Å². The van der Waals surface area contributed by atoms with Crippen LogP contribution in [-0.4, -0.2) is 24.8 Å². The fourth-order valence-electron chi connectivity index (χ4n) is 1.43. The van der Waals surface area contributed by atoms with Crippen molar-refractivity contribution in [2.75, 3.05) is 17.7 Å². The van der Waals surface area contributed by atoms with Crippen molar-refractivity contribution in [3.63, 3.8) is 0 Å². The zero-order valence-corrected chi connectivity index (χ0v) is 11.0. The normalized spacial score (nSPS) is 13.0. The van der Waals surface area contributed by atoms with E-state index < -0.39 is 12.3 Å². The van der Waals surface area contributed by atoms with Gasteiger partial charge in [0, 0.05) is 24.4 Å². The van der Waals surface area contributed by atoms with Gasteiger partial charge in [0.25, 0.3) is 0 Å². The van der Waals surface area contributed by atoms with Gasteiger partial charge in [-0.2, -0.15) is 13.2 Å². The summed E-state index contributed by atoms with van der Waals surface area (Å²) in [5.74, 6) is -0.293. The summed E-state index contributed by atoms with van der Waals surface area (Å²) in [5.41, 5.74) is 6.63. The summed E-state index contributed by atoms with van der Waals surface area (Å²) in [6.07, 6.45) is -5.89. The Labute approximate surface area is 115 Å². The van der Waals surface area contributed by atoms with Gasteiger partial charge < -0.3 is 15.8 Å². The number of hydrogen-bond acceptors (Lipinski definition) is 3. The molecule has 1 amide bonds. The Morgan fingerprint density at radius 1 is 1.45 bits per heavy atom. The van der Waals surface area contributed by atoms with Crippen LogP contribution in [-0.2, 0) is 9.53 Å². The molecule has 0 spiro atoms. The third-order valence-corrected chi connectivity index (χ3v) is 2.55. The van der Waals surface area contributed by atoms with Gasteiger partial charge in [0.1, 0.15) is 0 Å². The fourth-order valence-corrected chi connectivity index (χ4v) is 1.43. The van der Waals surface area contributed by atoms with Gasteiger partial charge in [-0.25, -0.2) is 0 Å². The molecule has 0 aromatic heterocycles. The number of nitrogens with one attached hydrogen (secondary N) is 1. The second-order valence-corrected chi connectivity index (χ2v) is 4.33. The van der Waals surface area contributed by atoms with Crippen LogP contribution in [0.4, 0.5) is 24.5 Å². The Kier molecular flexibility index (Phi) is 5.82. The van der Waals surface area contributed by atoms with Crippen LogP contribution in [0, 0.1) is 0 Å². The SMILES string of the molecule is CC(OCCCC(=O)Nc1cccc(N)c1)C(F)(F)F. The molecule has 0 heterocycles. The highest BCUT2D eigenvalue weighted by atomic mass is 19.4. The Balaban J connectivity index is 2.24. The van der Waals surface area contributed by atoms with Crippen molar-refractivity contribution in [1.29, 1.82) is 0 Å². The van der Waals surface area contributed by atoms with E-state index in [2.05, 4.69) is 10.1 Å². The average molecular weight is 290 g/mol. The highest BCUT2D eigenvalue weighted by Crippen LogP contribution is 2.22. The summed E-state index contributed by atoms with van der Waals surface area (Å²) < 4.78 is 41.0. The molecule has 1 atom stereocenters. The predicted molar refractivity (Wildman–Crippen MR) is 70.2 cm³/mol. The summed E-state index contributed by atoms with van der Waals surface area (Å²) >= 11 is 0. The summed E-state index contributed by atoms with van der Waals surface area (Å²) in [7, 11) is 0. The fraction of sp³-hybridized carbons (Fsp3) is 0.462. The molecule has 0 saturated carbocycles. The Morgan fingerprint density at radius 2 is 2.15 bits per heavy atom. The number of nitrogen functional groups attached to an aromatic ring is 1. The lowest BCUT2D eigenvalue weighted by Crippen LogP contribution is -2.29. The minimum absolute atomic E-state index is 0.0827. The van der Waals surface area contributed by atoms with Crippen molar-refractivity contribution in [1.82, 2.24) is 0 Å². The van der Waals surface area contributed by atoms with E-state index in [1.54, 1.807) is 24.3 Å². The molecule has 112 valence electrons. The topological polar surface area (TPSA) is 64.3 Å². The second-order valence-electron chi connectivity index (χ2n) is 4.33. The molecule has 3 N–H and O–H groups in total. The van der Waals surface area contributed by atoms with Crippen LogP contribution >= 0.6 is 0 Å². The molecule has 1 aromatic carbocycles. The van der Waals surface area contributed by atoms with E-state index in [0.29, 0.717) is 11.4 Å². The molecule has 20 heavy (non-hydrogen) atoms. The van der Waals surface area contributed by atoms with Gasteiger partial charge in [-0.15, -0.1) is 0 Å². The van der Waals surface area contributed by atoms with Crippen molar-refractivity contribution in [3.8, 4) is 0 Å². The van der Waals surface area contributed by atoms with E-state index in [1.807, 2.05) is 0 Å². The average Bonchev–Trinajstić information content (AvgIpc) is 2.33. The molecular weight excluding hydrogens is 273 g/mol. The van der Waals surface area contributed by atoms with Crippen LogP contribution in [0.1, 0.15) is 19.8 Å².